The Kier molecular flexibility index (Phi) is 4.81. The lowest BCUT2D eigenvalue weighted by Gasteiger charge is -2.23. The fourth-order valence-corrected chi connectivity index (χ4v) is 2.72. The van der Waals surface area contributed by atoms with Gasteiger partial charge in [0.05, 0.1) is 5.56 Å². The van der Waals surface area contributed by atoms with Gasteiger partial charge in [-0.25, -0.2) is 0 Å². The normalized spacial score (nSPS) is 16.3. The topological polar surface area (TPSA) is 49.3 Å². The Morgan fingerprint density at radius 2 is 2.05 bits per heavy atom. The van der Waals surface area contributed by atoms with E-state index in [2.05, 4.69) is 24.1 Å². The zero-order chi connectivity index (χ0) is 14.4. The predicted molar refractivity (Wildman–Crippen MR) is 79.3 cm³/mol. The Morgan fingerprint density at radius 3 is 2.75 bits per heavy atom. The summed E-state index contributed by atoms with van der Waals surface area (Å²) < 4.78 is 0. The summed E-state index contributed by atoms with van der Waals surface area (Å²) in [5.74, 6) is 5.33. The van der Waals surface area contributed by atoms with Gasteiger partial charge in [-0.15, -0.1) is 0 Å². The van der Waals surface area contributed by atoms with Gasteiger partial charge < -0.3 is 10.4 Å². The van der Waals surface area contributed by atoms with E-state index >= 15 is 0 Å². The minimum absolute atomic E-state index is 0.0824. The number of aliphatic hydroxyl groups excluding tert-OH is 1. The second-order valence-corrected chi connectivity index (χ2v) is 5.71. The van der Waals surface area contributed by atoms with Crippen LogP contribution in [0, 0.1) is 17.3 Å². The Morgan fingerprint density at radius 1 is 1.35 bits per heavy atom. The van der Waals surface area contributed by atoms with Crippen LogP contribution < -0.4 is 5.32 Å². The van der Waals surface area contributed by atoms with Gasteiger partial charge in [0, 0.05) is 12.1 Å². The molecule has 3 heteroatoms. The Balaban J connectivity index is 2.05. The predicted octanol–water partition coefficient (Wildman–Crippen LogP) is 2.34. The monoisotopic (exact) mass is 271 g/mol. The van der Waals surface area contributed by atoms with Crippen molar-refractivity contribution in [1.82, 2.24) is 5.32 Å². The van der Waals surface area contributed by atoms with Crippen molar-refractivity contribution in [2.24, 2.45) is 5.41 Å². The first-order valence-corrected chi connectivity index (χ1v) is 7.12. The molecular formula is C17H21NO2. The number of nitrogens with one attached hydrogen (secondary N) is 1. The van der Waals surface area contributed by atoms with Crippen molar-refractivity contribution in [2.45, 2.75) is 32.6 Å². The van der Waals surface area contributed by atoms with Crippen LogP contribution in [0.15, 0.2) is 24.3 Å². The molecule has 1 aromatic rings. The largest absolute Gasteiger partial charge is 0.384 e. The number of aliphatic hydroxyl groups is 1. The highest BCUT2D eigenvalue weighted by molar-refractivity contribution is 5.96. The molecule has 0 spiro atoms. The Bertz CT molecular complexity index is 533. The van der Waals surface area contributed by atoms with Gasteiger partial charge in [-0.3, -0.25) is 4.79 Å². The van der Waals surface area contributed by atoms with Gasteiger partial charge in [0.1, 0.15) is 6.61 Å². The summed E-state index contributed by atoms with van der Waals surface area (Å²) in [6.07, 6.45) is 4.87. The highest BCUT2D eigenvalue weighted by Gasteiger charge is 2.29. The van der Waals surface area contributed by atoms with E-state index in [-0.39, 0.29) is 17.9 Å². The van der Waals surface area contributed by atoms with Crippen molar-refractivity contribution in [3.05, 3.63) is 35.4 Å². The molecule has 0 heterocycles. The number of amides is 1. The average Bonchev–Trinajstić information content (AvgIpc) is 2.90. The molecule has 1 fully saturated rings. The molecule has 2 N–H and O–H groups in total. The third kappa shape index (κ3) is 3.61. The van der Waals surface area contributed by atoms with Gasteiger partial charge in [0.25, 0.3) is 5.91 Å². The third-order valence-corrected chi connectivity index (χ3v) is 3.96. The smallest absolute Gasteiger partial charge is 0.252 e. The van der Waals surface area contributed by atoms with E-state index in [1.54, 1.807) is 12.1 Å². The summed E-state index contributed by atoms with van der Waals surface area (Å²) >= 11 is 0. The van der Waals surface area contributed by atoms with Gasteiger partial charge in [-0.1, -0.05) is 43.7 Å². The van der Waals surface area contributed by atoms with Crippen LogP contribution in [-0.2, 0) is 0 Å². The number of rotatable bonds is 3. The summed E-state index contributed by atoms with van der Waals surface area (Å²) in [5, 5.41) is 11.8. The Labute approximate surface area is 120 Å². The fraction of sp³-hybridized carbons (Fsp3) is 0.471. The molecule has 2 rings (SSSR count). The molecule has 3 nitrogen and oxygen atoms in total. The van der Waals surface area contributed by atoms with E-state index in [1.165, 1.54) is 25.7 Å². The fourth-order valence-electron chi connectivity index (χ4n) is 2.72. The molecular weight excluding hydrogens is 250 g/mol. The molecule has 20 heavy (non-hydrogen) atoms. The van der Waals surface area contributed by atoms with Crippen molar-refractivity contribution in [1.29, 1.82) is 0 Å². The summed E-state index contributed by atoms with van der Waals surface area (Å²) in [5.41, 5.74) is 1.48. The average molecular weight is 271 g/mol. The second kappa shape index (κ2) is 6.58. The molecule has 0 aromatic heterocycles. The minimum Gasteiger partial charge on any atom is -0.384 e. The summed E-state index contributed by atoms with van der Waals surface area (Å²) in [7, 11) is 0. The molecule has 0 atom stereocenters. The van der Waals surface area contributed by atoms with Crippen LogP contribution in [-0.4, -0.2) is 24.2 Å². The second-order valence-electron chi connectivity index (χ2n) is 5.71. The first kappa shape index (κ1) is 14.6. The zero-order valence-corrected chi connectivity index (χ0v) is 11.9. The summed E-state index contributed by atoms with van der Waals surface area (Å²) in [6, 6.07) is 7.25. The molecule has 0 radical (unpaired) electrons. The van der Waals surface area contributed by atoms with Crippen LogP contribution in [0.1, 0.15) is 48.5 Å². The molecule has 0 unspecified atom stereocenters. The summed E-state index contributed by atoms with van der Waals surface area (Å²) in [4.78, 5) is 12.3. The lowest BCUT2D eigenvalue weighted by atomic mass is 9.89. The molecule has 1 aliphatic carbocycles. The van der Waals surface area contributed by atoms with E-state index in [4.69, 9.17) is 5.11 Å². The van der Waals surface area contributed by atoms with E-state index < -0.39 is 0 Å². The summed E-state index contributed by atoms with van der Waals surface area (Å²) in [6.45, 7) is 2.75. The van der Waals surface area contributed by atoms with Gasteiger partial charge in [0.15, 0.2) is 0 Å². The maximum atomic E-state index is 12.3. The van der Waals surface area contributed by atoms with Crippen LogP contribution >= 0.6 is 0 Å². The highest BCUT2D eigenvalue weighted by Crippen LogP contribution is 2.36. The van der Waals surface area contributed by atoms with Crippen LogP contribution in [0.2, 0.25) is 0 Å². The molecule has 0 aliphatic heterocycles. The molecule has 0 bridgehead atoms. The van der Waals surface area contributed by atoms with Gasteiger partial charge >= 0.3 is 0 Å². The molecule has 1 saturated carbocycles. The van der Waals surface area contributed by atoms with E-state index in [0.717, 1.165) is 0 Å². The Hall–Kier alpha value is -1.79. The highest BCUT2D eigenvalue weighted by atomic mass is 16.2. The van der Waals surface area contributed by atoms with Gasteiger partial charge in [0.2, 0.25) is 0 Å². The molecule has 106 valence electrons. The lowest BCUT2D eigenvalue weighted by molar-refractivity contribution is 0.0934. The quantitative estimate of drug-likeness (QED) is 0.829. The van der Waals surface area contributed by atoms with Crippen molar-refractivity contribution >= 4 is 5.91 Å². The zero-order valence-electron chi connectivity index (χ0n) is 11.9. The first-order valence-electron chi connectivity index (χ1n) is 7.12. The van der Waals surface area contributed by atoms with Crippen molar-refractivity contribution in [3.8, 4) is 11.8 Å². The van der Waals surface area contributed by atoms with E-state index in [9.17, 15) is 4.79 Å². The van der Waals surface area contributed by atoms with Crippen molar-refractivity contribution in [3.63, 3.8) is 0 Å². The molecule has 1 aliphatic rings. The standard InChI is InChI=1S/C17H21NO2/c1-17(10-4-5-11-17)13-18-16(20)15-9-3-2-7-14(15)8-6-12-19/h2-3,7,9,19H,4-5,10-13H2,1H3,(H,18,20). The van der Waals surface area contributed by atoms with Crippen LogP contribution in [0.5, 0.6) is 0 Å². The van der Waals surface area contributed by atoms with Gasteiger partial charge in [-0.05, 0) is 30.4 Å². The van der Waals surface area contributed by atoms with Crippen molar-refractivity contribution in [2.75, 3.05) is 13.2 Å². The van der Waals surface area contributed by atoms with Crippen molar-refractivity contribution < 1.29 is 9.90 Å². The minimum atomic E-state index is -0.200. The molecule has 0 saturated heterocycles. The van der Waals surface area contributed by atoms with Crippen LogP contribution in [0.25, 0.3) is 0 Å². The van der Waals surface area contributed by atoms with Gasteiger partial charge in [-0.2, -0.15) is 0 Å². The van der Waals surface area contributed by atoms with Crippen LogP contribution in [0.3, 0.4) is 0 Å². The van der Waals surface area contributed by atoms with E-state index in [0.29, 0.717) is 17.7 Å². The number of hydrogen-bond donors (Lipinski definition) is 2. The number of hydrogen-bond acceptors (Lipinski definition) is 2. The number of benzene rings is 1. The number of carbonyl (C=O) groups is 1. The molecule has 1 amide bonds. The molecule has 1 aromatic carbocycles. The third-order valence-electron chi connectivity index (χ3n) is 3.96. The first-order chi connectivity index (χ1) is 9.64. The maximum absolute atomic E-state index is 12.3. The van der Waals surface area contributed by atoms with Crippen LogP contribution in [0.4, 0.5) is 0 Å². The number of carbonyl (C=O) groups excluding carboxylic acids is 1. The lowest BCUT2D eigenvalue weighted by Crippen LogP contribution is -2.34. The maximum Gasteiger partial charge on any atom is 0.252 e. The van der Waals surface area contributed by atoms with E-state index in [1.807, 2.05) is 12.1 Å². The SMILES string of the molecule is CC1(CNC(=O)c2ccccc2C#CCO)CCCC1.